The Kier molecular flexibility index (Phi) is 6.96. The molecule has 0 aromatic rings. The minimum atomic E-state index is 0.230. The molecule has 2 N–H and O–H groups in total. The van der Waals surface area contributed by atoms with Gasteiger partial charge < -0.3 is 20.3 Å². The van der Waals surface area contributed by atoms with E-state index >= 15 is 0 Å². The average Bonchev–Trinajstić information content (AvgIpc) is 2.33. The minimum absolute atomic E-state index is 0.230. The first-order valence-electron chi connectivity index (χ1n) is 6.47. The maximum absolute atomic E-state index is 5.61. The average molecular weight is 229 g/mol. The van der Waals surface area contributed by atoms with Crippen LogP contribution < -0.4 is 5.73 Å². The van der Waals surface area contributed by atoms with Crippen LogP contribution in [0.2, 0.25) is 0 Å². The highest BCUT2D eigenvalue weighted by Gasteiger charge is 2.16. The Bertz CT molecular complexity index is 166. The van der Waals surface area contributed by atoms with E-state index in [1.165, 1.54) is 39.1 Å². The summed E-state index contributed by atoms with van der Waals surface area (Å²) in [5.41, 5.74) is 5.61. The van der Waals surface area contributed by atoms with E-state index in [2.05, 4.69) is 16.7 Å². The van der Waals surface area contributed by atoms with Crippen LogP contribution in [-0.4, -0.2) is 68.8 Å². The number of hydrogen-bond acceptors (Lipinski definition) is 4. The second-order valence-corrected chi connectivity index (χ2v) is 4.57. The van der Waals surface area contributed by atoms with Crippen LogP contribution in [0.4, 0.5) is 0 Å². The molecule has 0 aromatic carbocycles. The Balaban J connectivity index is 2.12. The van der Waals surface area contributed by atoms with Crippen molar-refractivity contribution in [2.45, 2.75) is 25.9 Å². The van der Waals surface area contributed by atoms with Crippen molar-refractivity contribution in [3.63, 3.8) is 0 Å². The monoisotopic (exact) mass is 229 g/mol. The highest BCUT2D eigenvalue weighted by atomic mass is 16.5. The smallest absolute Gasteiger partial charge is 0.0705 e. The molecule has 1 saturated heterocycles. The van der Waals surface area contributed by atoms with Crippen molar-refractivity contribution in [3.05, 3.63) is 0 Å². The van der Waals surface area contributed by atoms with Crippen molar-refractivity contribution < 1.29 is 4.74 Å². The molecule has 1 aliphatic heterocycles. The number of nitrogens with two attached hydrogens (primary N) is 1. The molecule has 4 heteroatoms. The summed E-state index contributed by atoms with van der Waals surface area (Å²) >= 11 is 0. The zero-order valence-corrected chi connectivity index (χ0v) is 10.8. The molecule has 1 unspecified atom stereocenters. The number of ether oxygens (including phenoxy) is 1. The molecule has 1 heterocycles. The Labute approximate surface area is 99.7 Å². The van der Waals surface area contributed by atoms with Gasteiger partial charge >= 0.3 is 0 Å². The highest BCUT2D eigenvalue weighted by molar-refractivity contribution is 4.72. The summed E-state index contributed by atoms with van der Waals surface area (Å²) in [6, 6.07) is 0. The van der Waals surface area contributed by atoms with E-state index in [1.807, 2.05) is 0 Å². The lowest BCUT2D eigenvalue weighted by atomic mass is 10.2. The van der Waals surface area contributed by atoms with Crippen molar-refractivity contribution >= 4 is 0 Å². The van der Waals surface area contributed by atoms with E-state index in [9.17, 15) is 0 Å². The molecule has 1 atom stereocenters. The summed E-state index contributed by atoms with van der Waals surface area (Å²) < 4.78 is 5.29. The third kappa shape index (κ3) is 4.78. The molecule has 0 aliphatic carbocycles. The standard InChI is InChI=1S/C12H27N3O/c1-3-5-14-7-9-15(10-8-14)6-4-12(11-13)16-2/h12H,3-11,13H2,1-2H3. The van der Waals surface area contributed by atoms with Gasteiger partial charge in [-0.25, -0.2) is 0 Å². The number of piperazine rings is 1. The summed E-state index contributed by atoms with van der Waals surface area (Å²) in [5, 5.41) is 0. The summed E-state index contributed by atoms with van der Waals surface area (Å²) in [6.07, 6.45) is 2.55. The molecule has 0 aromatic heterocycles. The van der Waals surface area contributed by atoms with Gasteiger partial charge in [0.15, 0.2) is 0 Å². The second kappa shape index (κ2) is 8.01. The summed E-state index contributed by atoms with van der Waals surface area (Å²) in [7, 11) is 1.75. The minimum Gasteiger partial charge on any atom is -0.380 e. The lowest BCUT2D eigenvalue weighted by Gasteiger charge is -2.35. The Hall–Kier alpha value is -0.160. The maximum Gasteiger partial charge on any atom is 0.0705 e. The number of rotatable bonds is 7. The maximum atomic E-state index is 5.61. The first-order chi connectivity index (χ1) is 7.80. The van der Waals surface area contributed by atoms with E-state index in [0.717, 1.165) is 13.0 Å². The molecule has 1 aliphatic rings. The van der Waals surface area contributed by atoms with Gasteiger partial charge in [-0.2, -0.15) is 0 Å². The van der Waals surface area contributed by atoms with Crippen LogP contribution in [0.15, 0.2) is 0 Å². The molecule has 0 bridgehead atoms. The van der Waals surface area contributed by atoms with E-state index in [1.54, 1.807) is 7.11 Å². The highest BCUT2D eigenvalue weighted by Crippen LogP contribution is 2.05. The molecular formula is C12H27N3O. The predicted molar refractivity (Wildman–Crippen MR) is 67.6 cm³/mol. The fourth-order valence-electron chi connectivity index (χ4n) is 2.21. The van der Waals surface area contributed by atoms with E-state index in [4.69, 9.17) is 10.5 Å². The lowest BCUT2D eigenvalue weighted by molar-refractivity contribution is 0.0751. The van der Waals surface area contributed by atoms with Crippen molar-refractivity contribution in [2.24, 2.45) is 5.73 Å². The van der Waals surface area contributed by atoms with Gasteiger partial charge in [-0.05, 0) is 19.4 Å². The fourth-order valence-corrected chi connectivity index (χ4v) is 2.21. The van der Waals surface area contributed by atoms with Gasteiger partial charge in [-0.15, -0.1) is 0 Å². The van der Waals surface area contributed by atoms with Crippen LogP contribution in [0.25, 0.3) is 0 Å². The van der Waals surface area contributed by atoms with Crippen molar-refractivity contribution in [2.75, 3.05) is 52.9 Å². The topological polar surface area (TPSA) is 41.7 Å². The van der Waals surface area contributed by atoms with Crippen molar-refractivity contribution in [1.82, 2.24) is 9.80 Å². The summed E-state index contributed by atoms with van der Waals surface area (Å²) in [5.74, 6) is 0. The molecule has 1 rings (SSSR count). The quantitative estimate of drug-likeness (QED) is 0.685. The van der Waals surface area contributed by atoms with Crippen LogP contribution >= 0.6 is 0 Å². The van der Waals surface area contributed by atoms with Gasteiger partial charge in [0.05, 0.1) is 6.10 Å². The normalized spacial score (nSPS) is 21.2. The molecule has 96 valence electrons. The van der Waals surface area contributed by atoms with Gasteiger partial charge in [0.1, 0.15) is 0 Å². The number of methoxy groups -OCH3 is 1. The molecular weight excluding hydrogens is 202 g/mol. The zero-order chi connectivity index (χ0) is 11.8. The third-order valence-corrected chi connectivity index (χ3v) is 3.37. The first-order valence-corrected chi connectivity index (χ1v) is 6.47. The van der Waals surface area contributed by atoms with Crippen molar-refractivity contribution in [3.8, 4) is 0 Å². The van der Waals surface area contributed by atoms with Crippen LogP contribution in [0, 0.1) is 0 Å². The fraction of sp³-hybridized carbons (Fsp3) is 1.00. The van der Waals surface area contributed by atoms with E-state index in [-0.39, 0.29) is 6.10 Å². The van der Waals surface area contributed by atoms with Gasteiger partial charge in [0.2, 0.25) is 0 Å². The summed E-state index contributed by atoms with van der Waals surface area (Å²) in [6.45, 7) is 10.1. The largest absolute Gasteiger partial charge is 0.380 e. The summed E-state index contributed by atoms with van der Waals surface area (Å²) in [4.78, 5) is 5.07. The van der Waals surface area contributed by atoms with Crippen LogP contribution in [-0.2, 0) is 4.74 Å². The predicted octanol–water partition coefficient (Wildman–Crippen LogP) is 0.378. The second-order valence-electron chi connectivity index (χ2n) is 4.57. The SMILES string of the molecule is CCCN1CCN(CCC(CN)OC)CC1. The van der Waals surface area contributed by atoms with Gasteiger partial charge in [-0.3, -0.25) is 0 Å². The number of nitrogens with zero attached hydrogens (tertiary/aromatic N) is 2. The van der Waals surface area contributed by atoms with Gasteiger partial charge in [-0.1, -0.05) is 6.92 Å². The van der Waals surface area contributed by atoms with E-state index in [0.29, 0.717) is 6.54 Å². The van der Waals surface area contributed by atoms with E-state index < -0.39 is 0 Å². The zero-order valence-electron chi connectivity index (χ0n) is 10.8. The van der Waals surface area contributed by atoms with Crippen LogP contribution in [0.1, 0.15) is 19.8 Å². The van der Waals surface area contributed by atoms with Gasteiger partial charge in [0, 0.05) is 46.4 Å². The third-order valence-electron chi connectivity index (χ3n) is 3.37. The molecule has 0 amide bonds. The number of hydrogen-bond donors (Lipinski definition) is 1. The molecule has 0 spiro atoms. The molecule has 0 radical (unpaired) electrons. The Morgan fingerprint density at radius 1 is 1.12 bits per heavy atom. The molecule has 1 fully saturated rings. The van der Waals surface area contributed by atoms with Crippen LogP contribution in [0.3, 0.4) is 0 Å². The van der Waals surface area contributed by atoms with Crippen LogP contribution in [0.5, 0.6) is 0 Å². The Morgan fingerprint density at radius 2 is 1.69 bits per heavy atom. The Morgan fingerprint density at radius 3 is 2.12 bits per heavy atom. The molecule has 16 heavy (non-hydrogen) atoms. The first kappa shape index (κ1) is 13.9. The van der Waals surface area contributed by atoms with Crippen molar-refractivity contribution in [1.29, 1.82) is 0 Å². The molecule has 0 saturated carbocycles. The lowest BCUT2D eigenvalue weighted by Crippen LogP contribution is -2.47. The molecule has 4 nitrogen and oxygen atoms in total. The van der Waals surface area contributed by atoms with Gasteiger partial charge in [0.25, 0.3) is 0 Å².